The summed E-state index contributed by atoms with van der Waals surface area (Å²) in [5, 5.41) is 4.06. The molecule has 0 atom stereocenters. The number of sulfonamides is 1. The molecular weight excluding hydrogens is 378 g/mol. The van der Waals surface area contributed by atoms with Gasteiger partial charge in [-0.25, -0.2) is 9.63 Å². The number of hydrogen-bond acceptors (Lipinski definition) is 5. The average molecular weight is 401 g/mol. The molecule has 2 aromatic carbocycles. The minimum Gasteiger partial charge on any atom is -0.445 e. The number of amides is 1. The summed E-state index contributed by atoms with van der Waals surface area (Å²) in [5.74, 6) is 0. The first-order chi connectivity index (χ1) is 13.5. The fraction of sp³-hybridized carbons (Fsp3) is 0.300. The molecule has 0 aliphatic carbocycles. The van der Waals surface area contributed by atoms with Gasteiger partial charge in [-0.3, -0.25) is 0 Å². The van der Waals surface area contributed by atoms with Crippen molar-refractivity contribution in [2.24, 2.45) is 5.10 Å². The van der Waals surface area contributed by atoms with E-state index in [4.69, 9.17) is 4.74 Å². The highest BCUT2D eigenvalue weighted by Crippen LogP contribution is 2.15. The van der Waals surface area contributed by atoms with Gasteiger partial charge >= 0.3 is 6.09 Å². The second-order valence-corrected chi connectivity index (χ2v) is 8.19. The van der Waals surface area contributed by atoms with Gasteiger partial charge in [0, 0.05) is 31.6 Å². The molecule has 0 spiro atoms. The quantitative estimate of drug-likeness (QED) is 0.780. The summed E-state index contributed by atoms with van der Waals surface area (Å²) in [7, 11) is -3.70. The molecule has 8 heteroatoms. The third kappa shape index (κ3) is 5.10. The highest BCUT2D eigenvalue weighted by atomic mass is 32.2. The molecule has 28 heavy (non-hydrogen) atoms. The highest BCUT2D eigenvalue weighted by molar-refractivity contribution is 7.89. The van der Waals surface area contributed by atoms with E-state index in [0.29, 0.717) is 37.2 Å². The number of hydrazone groups is 1. The van der Waals surface area contributed by atoms with Crippen molar-refractivity contribution in [3.8, 4) is 0 Å². The summed E-state index contributed by atoms with van der Waals surface area (Å²) < 4.78 is 30.1. The Bertz CT molecular complexity index is 948. The zero-order valence-corrected chi connectivity index (χ0v) is 16.5. The Balaban J connectivity index is 1.50. The van der Waals surface area contributed by atoms with Crippen LogP contribution in [0.5, 0.6) is 0 Å². The van der Waals surface area contributed by atoms with Gasteiger partial charge in [0.15, 0.2) is 0 Å². The molecule has 148 valence electrons. The number of rotatable bonds is 5. The molecule has 3 rings (SSSR count). The van der Waals surface area contributed by atoms with Crippen LogP contribution in [-0.4, -0.2) is 38.2 Å². The second-order valence-electron chi connectivity index (χ2n) is 6.57. The van der Waals surface area contributed by atoms with Crippen molar-refractivity contribution < 1.29 is 17.9 Å². The van der Waals surface area contributed by atoms with Gasteiger partial charge in [0.05, 0.1) is 4.90 Å². The lowest BCUT2D eigenvalue weighted by atomic mass is 10.1. The maximum atomic E-state index is 12.4. The van der Waals surface area contributed by atoms with E-state index in [-0.39, 0.29) is 17.6 Å². The Morgan fingerprint density at radius 1 is 1.07 bits per heavy atom. The van der Waals surface area contributed by atoms with Gasteiger partial charge in [-0.05, 0) is 24.1 Å². The molecule has 1 heterocycles. The van der Waals surface area contributed by atoms with Crippen LogP contribution in [-0.2, 0) is 21.4 Å². The van der Waals surface area contributed by atoms with Crippen molar-refractivity contribution in [2.45, 2.75) is 31.3 Å². The van der Waals surface area contributed by atoms with Gasteiger partial charge in [-0.1, -0.05) is 48.5 Å². The van der Waals surface area contributed by atoms with Gasteiger partial charge in [0.25, 0.3) is 10.0 Å². The van der Waals surface area contributed by atoms with Crippen LogP contribution in [0.2, 0.25) is 0 Å². The van der Waals surface area contributed by atoms with Crippen molar-refractivity contribution in [2.75, 3.05) is 13.1 Å². The maximum Gasteiger partial charge on any atom is 0.410 e. The molecule has 0 bridgehead atoms. The van der Waals surface area contributed by atoms with E-state index in [2.05, 4.69) is 9.93 Å². The first-order valence-electron chi connectivity index (χ1n) is 9.04. The zero-order valence-electron chi connectivity index (χ0n) is 15.7. The Morgan fingerprint density at radius 2 is 1.71 bits per heavy atom. The van der Waals surface area contributed by atoms with Gasteiger partial charge in [0.2, 0.25) is 0 Å². The van der Waals surface area contributed by atoms with Crippen LogP contribution < -0.4 is 4.83 Å². The molecule has 0 saturated carbocycles. The van der Waals surface area contributed by atoms with Crippen molar-refractivity contribution in [3.05, 3.63) is 65.7 Å². The summed E-state index contributed by atoms with van der Waals surface area (Å²) >= 11 is 0. The number of aryl methyl sites for hydroxylation is 1. The molecule has 1 saturated heterocycles. The van der Waals surface area contributed by atoms with Crippen molar-refractivity contribution in [1.29, 1.82) is 0 Å². The van der Waals surface area contributed by atoms with Crippen molar-refractivity contribution >= 4 is 21.8 Å². The number of carbonyl (C=O) groups excluding carboxylic acids is 1. The number of piperidine rings is 1. The largest absolute Gasteiger partial charge is 0.445 e. The molecule has 0 aromatic heterocycles. The molecule has 1 aliphatic rings. The van der Waals surface area contributed by atoms with Crippen LogP contribution in [0.1, 0.15) is 24.0 Å². The minimum absolute atomic E-state index is 0.210. The lowest BCUT2D eigenvalue weighted by Gasteiger charge is -2.26. The molecule has 1 amide bonds. The van der Waals surface area contributed by atoms with E-state index < -0.39 is 10.0 Å². The lowest BCUT2D eigenvalue weighted by Crippen LogP contribution is -2.39. The number of hydrogen-bond donors (Lipinski definition) is 1. The van der Waals surface area contributed by atoms with Crippen LogP contribution >= 0.6 is 0 Å². The van der Waals surface area contributed by atoms with E-state index in [9.17, 15) is 13.2 Å². The first kappa shape index (κ1) is 19.9. The Hall–Kier alpha value is -2.87. The molecule has 7 nitrogen and oxygen atoms in total. The summed E-state index contributed by atoms with van der Waals surface area (Å²) in [6, 6.07) is 16.2. The number of ether oxygens (including phenoxy) is 1. The van der Waals surface area contributed by atoms with Gasteiger partial charge in [-0.2, -0.15) is 13.5 Å². The van der Waals surface area contributed by atoms with Crippen LogP contribution in [0.3, 0.4) is 0 Å². The molecule has 1 fully saturated rings. The van der Waals surface area contributed by atoms with Gasteiger partial charge < -0.3 is 9.64 Å². The first-order valence-corrected chi connectivity index (χ1v) is 10.5. The maximum absolute atomic E-state index is 12.4. The summed E-state index contributed by atoms with van der Waals surface area (Å²) in [4.78, 5) is 16.3. The minimum atomic E-state index is -3.70. The number of nitrogens with zero attached hydrogens (tertiary/aromatic N) is 2. The van der Waals surface area contributed by atoms with Gasteiger partial charge in [0.1, 0.15) is 6.61 Å². The van der Waals surface area contributed by atoms with E-state index >= 15 is 0 Å². The monoisotopic (exact) mass is 401 g/mol. The summed E-state index contributed by atoms with van der Waals surface area (Å²) in [6.45, 7) is 2.85. The smallest absolute Gasteiger partial charge is 0.410 e. The lowest BCUT2D eigenvalue weighted by molar-refractivity contribution is 0.0960. The molecule has 1 N–H and O–H groups in total. The number of benzene rings is 2. The molecular formula is C20H23N3O4S. The van der Waals surface area contributed by atoms with Crippen LogP contribution in [0.15, 0.2) is 64.6 Å². The van der Waals surface area contributed by atoms with Gasteiger partial charge in [-0.15, -0.1) is 0 Å². The SMILES string of the molecule is Cc1ccccc1S(=O)(=O)NN=C1CCN(C(=O)OCc2ccccc2)CC1. The van der Waals surface area contributed by atoms with Crippen LogP contribution in [0.4, 0.5) is 4.79 Å². The standard InChI is InChI=1S/C20H23N3O4S/c1-16-7-5-6-10-19(16)28(25,26)22-21-18-11-13-23(14-12-18)20(24)27-15-17-8-3-2-4-9-17/h2-10,22H,11-15H2,1H3. The van der Waals surface area contributed by atoms with E-state index in [1.165, 1.54) is 0 Å². The van der Waals surface area contributed by atoms with Crippen LogP contribution in [0, 0.1) is 6.92 Å². The number of carbonyl (C=O) groups is 1. The third-order valence-electron chi connectivity index (χ3n) is 4.51. The zero-order chi connectivity index (χ0) is 20.0. The Labute approximate surface area is 165 Å². The molecule has 0 radical (unpaired) electrons. The summed E-state index contributed by atoms with van der Waals surface area (Å²) in [6.07, 6.45) is 0.622. The average Bonchev–Trinajstić information content (AvgIpc) is 2.72. The Kier molecular flexibility index (Phi) is 6.30. The fourth-order valence-corrected chi connectivity index (χ4v) is 4.00. The van der Waals surface area contributed by atoms with Crippen molar-refractivity contribution in [1.82, 2.24) is 9.73 Å². The number of nitrogens with one attached hydrogen (secondary N) is 1. The van der Waals surface area contributed by atoms with E-state index in [0.717, 1.165) is 5.56 Å². The van der Waals surface area contributed by atoms with E-state index in [1.807, 2.05) is 30.3 Å². The highest BCUT2D eigenvalue weighted by Gasteiger charge is 2.22. The second kappa shape index (κ2) is 8.88. The fourth-order valence-electron chi connectivity index (χ4n) is 2.90. The van der Waals surface area contributed by atoms with E-state index in [1.54, 1.807) is 36.1 Å². The Morgan fingerprint density at radius 3 is 2.39 bits per heavy atom. The third-order valence-corrected chi connectivity index (χ3v) is 5.88. The topological polar surface area (TPSA) is 88.1 Å². The molecule has 1 aliphatic heterocycles. The predicted octanol–water partition coefficient (Wildman–Crippen LogP) is 3.06. The molecule has 0 unspecified atom stereocenters. The summed E-state index contributed by atoms with van der Waals surface area (Å²) in [5.41, 5.74) is 2.30. The molecule has 2 aromatic rings. The van der Waals surface area contributed by atoms with Crippen molar-refractivity contribution in [3.63, 3.8) is 0 Å². The predicted molar refractivity (Wildman–Crippen MR) is 106 cm³/mol. The van der Waals surface area contributed by atoms with Crippen LogP contribution in [0.25, 0.3) is 0 Å². The normalized spacial score (nSPS) is 14.5. The number of likely N-dealkylation sites (tertiary alicyclic amines) is 1.